The fourth-order valence-electron chi connectivity index (χ4n) is 3.37. The van der Waals surface area contributed by atoms with Crippen LogP contribution in [0, 0.1) is 0 Å². The zero-order valence-corrected chi connectivity index (χ0v) is 15.1. The Morgan fingerprint density at radius 2 is 1.52 bits per heavy atom. The molecule has 0 aliphatic carbocycles. The number of pyridine rings is 1. The van der Waals surface area contributed by atoms with Crippen LogP contribution in [0.15, 0.2) is 78.9 Å². The van der Waals surface area contributed by atoms with Crippen molar-refractivity contribution in [1.29, 1.82) is 0 Å². The molecule has 0 fully saturated rings. The highest BCUT2D eigenvalue weighted by Crippen LogP contribution is 2.38. The van der Waals surface area contributed by atoms with Crippen molar-refractivity contribution in [3.05, 3.63) is 89.4 Å². The molecule has 0 spiro atoms. The van der Waals surface area contributed by atoms with Gasteiger partial charge in [-0.15, -0.1) is 0 Å². The molecule has 0 aliphatic heterocycles. The van der Waals surface area contributed by atoms with Crippen molar-refractivity contribution in [3.63, 3.8) is 0 Å². The van der Waals surface area contributed by atoms with Crippen molar-refractivity contribution >= 4 is 28.5 Å². The molecule has 0 unspecified atom stereocenters. The van der Waals surface area contributed by atoms with E-state index in [0.717, 1.165) is 27.6 Å². The Morgan fingerprint density at radius 3 is 2.15 bits per heavy atom. The van der Waals surface area contributed by atoms with Crippen molar-refractivity contribution in [1.82, 2.24) is 4.98 Å². The highest BCUT2D eigenvalue weighted by atomic mass is 35.5. The summed E-state index contributed by atoms with van der Waals surface area (Å²) in [5.74, 6) is -0.896. The highest BCUT2D eigenvalue weighted by molar-refractivity contribution is 6.31. The Kier molecular flexibility index (Phi) is 4.61. The van der Waals surface area contributed by atoms with Crippen LogP contribution < -0.4 is 0 Å². The van der Waals surface area contributed by atoms with Crippen molar-refractivity contribution in [2.75, 3.05) is 0 Å². The summed E-state index contributed by atoms with van der Waals surface area (Å²) in [6.45, 7) is 0. The van der Waals surface area contributed by atoms with Crippen LogP contribution in [-0.2, 0) is 11.2 Å². The molecule has 0 radical (unpaired) electrons. The average Bonchev–Trinajstić information content (AvgIpc) is 2.68. The monoisotopic (exact) mass is 373 g/mol. The number of carbonyl (C=O) groups is 1. The van der Waals surface area contributed by atoms with Gasteiger partial charge in [-0.3, -0.25) is 4.79 Å². The smallest absolute Gasteiger partial charge is 0.307 e. The second kappa shape index (κ2) is 7.22. The van der Waals surface area contributed by atoms with Gasteiger partial charge in [0.25, 0.3) is 0 Å². The molecule has 132 valence electrons. The van der Waals surface area contributed by atoms with Crippen molar-refractivity contribution in [2.24, 2.45) is 0 Å². The largest absolute Gasteiger partial charge is 0.481 e. The third-order valence-electron chi connectivity index (χ3n) is 4.49. The van der Waals surface area contributed by atoms with Crippen LogP contribution in [0.25, 0.3) is 33.3 Å². The minimum absolute atomic E-state index is 0.121. The van der Waals surface area contributed by atoms with Crippen LogP contribution in [0.4, 0.5) is 0 Å². The van der Waals surface area contributed by atoms with Gasteiger partial charge in [0.15, 0.2) is 0 Å². The molecule has 1 aromatic heterocycles. The molecule has 0 saturated carbocycles. The number of benzene rings is 3. The van der Waals surface area contributed by atoms with E-state index in [2.05, 4.69) is 0 Å². The maximum absolute atomic E-state index is 11.7. The van der Waals surface area contributed by atoms with Crippen LogP contribution in [0.5, 0.6) is 0 Å². The fraction of sp³-hybridized carbons (Fsp3) is 0.0435. The lowest BCUT2D eigenvalue weighted by Crippen LogP contribution is -2.06. The van der Waals surface area contributed by atoms with Gasteiger partial charge in [-0.05, 0) is 34.9 Å². The summed E-state index contributed by atoms with van der Waals surface area (Å²) >= 11 is 6.25. The first kappa shape index (κ1) is 17.3. The first-order valence-corrected chi connectivity index (χ1v) is 8.96. The molecule has 1 heterocycles. The van der Waals surface area contributed by atoms with Crippen molar-refractivity contribution in [2.45, 2.75) is 6.42 Å². The van der Waals surface area contributed by atoms with Gasteiger partial charge in [0.05, 0.1) is 17.6 Å². The molecular weight excluding hydrogens is 358 g/mol. The zero-order valence-electron chi connectivity index (χ0n) is 14.4. The number of rotatable bonds is 4. The van der Waals surface area contributed by atoms with E-state index < -0.39 is 5.97 Å². The van der Waals surface area contributed by atoms with E-state index in [0.29, 0.717) is 16.3 Å². The summed E-state index contributed by atoms with van der Waals surface area (Å²) in [6, 6.07) is 25.0. The van der Waals surface area contributed by atoms with E-state index in [-0.39, 0.29) is 6.42 Å². The Hall–Kier alpha value is -3.17. The number of hydrogen-bond donors (Lipinski definition) is 1. The first-order valence-electron chi connectivity index (χ1n) is 8.58. The van der Waals surface area contributed by atoms with E-state index in [9.17, 15) is 9.90 Å². The zero-order chi connectivity index (χ0) is 18.8. The van der Waals surface area contributed by atoms with Crippen LogP contribution in [0.2, 0.25) is 5.02 Å². The van der Waals surface area contributed by atoms with E-state index in [4.69, 9.17) is 16.6 Å². The molecular formula is C23H16ClNO2. The molecule has 0 amide bonds. The molecule has 4 aromatic rings. The van der Waals surface area contributed by atoms with Crippen molar-refractivity contribution in [3.8, 4) is 22.4 Å². The second-order valence-corrected chi connectivity index (χ2v) is 6.71. The number of aromatic nitrogens is 1. The highest BCUT2D eigenvalue weighted by Gasteiger charge is 2.20. The lowest BCUT2D eigenvalue weighted by molar-refractivity contribution is -0.136. The quantitative estimate of drug-likeness (QED) is 0.488. The molecule has 1 N–H and O–H groups in total. The molecule has 0 atom stereocenters. The number of nitrogens with zero attached hydrogens (tertiary/aromatic N) is 1. The Labute approximate surface area is 161 Å². The third-order valence-corrected chi connectivity index (χ3v) is 4.72. The second-order valence-electron chi connectivity index (χ2n) is 6.28. The summed E-state index contributed by atoms with van der Waals surface area (Å²) in [7, 11) is 0. The Bertz CT molecular complexity index is 1130. The van der Waals surface area contributed by atoms with Crippen LogP contribution in [0.3, 0.4) is 0 Å². The van der Waals surface area contributed by atoms with Gasteiger partial charge in [-0.1, -0.05) is 72.3 Å². The van der Waals surface area contributed by atoms with Gasteiger partial charge in [-0.25, -0.2) is 4.98 Å². The molecule has 0 aliphatic rings. The number of aliphatic carboxylic acids is 1. The number of halogens is 1. The minimum Gasteiger partial charge on any atom is -0.481 e. The van der Waals surface area contributed by atoms with Gasteiger partial charge >= 0.3 is 5.97 Å². The Balaban J connectivity index is 2.15. The maximum Gasteiger partial charge on any atom is 0.307 e. The average molecular weight is 374 g/mol. The number of hydrogen-bond acceptors (Lipinski definition) is 2. The maximum atomic E-state index is 11.7. The van der Waals surface area contributed by atoms with Crippen LogP contribution in [0.1, 0.15) is 5.56 Å². The van der Waals surface area contributed by atoms with Gasteiger partial charge in [0, 0.05) is 16.0 Å². The summed E-state index contributed by atoms with van der Waals surface area (Å²) < 4.78 is 0. The van der Waals surface area contributed by atoms with Gasteiger partial charge in [-0.2, -0.15) is 0 Å². The standard InChI is InChI=1S/C23H16ClNO2/c24-17-11-12-20-18(13-17)22(15-7-3-1-4-8-15)19(14-21(26)27)23(25-20)16-9-5-2-6-10-16/h1-13H,14H2,(H,26,27). The topological polar surface area (TPSA) is 50.2 Å². The van der Waals surface area contributed by atoms with Crippen LogP contribution in [-0.4, -0.2) is 16.1 Å². The number of fused-ring (bicyclic) bond motifs is 1. The SMILES string of the molecule is O=C(O)Cc1c(-c2ccccc2)nc2ccc(Cl)cc2c1-c1ccccc1. The minimum atomic E-state index is -0.896. The molecule has 4 heteroatoms. The fourth-order valence-corrected chi connectivity index (χ4v) is 3.54. The Morgan fingerprint density at radius 1 is 0.889 bits per heavy atom. The van der Waals surface area contributed by atoms with Crippen molar-refractivity contribution < 1.29 is 9.90 Å². The van der Waals surface area contributed by atoms with E-state index in [1.54, 1.807) is 6.07 Å². The number of carboxylic acid groups (broad SMARTS) is 1. The van der Waals surface area contributed by atoms with Gasteiger partial charge < -0.3 is 5.11 Å². The normalized spacial score (nSPS) is 10.9. The molecule has 0 saturated heterocycles. The molecule has 3 aromatic carbocycles. The molecule has 3 nitrogen and oxygen atoms in total. The lowest BCUT2D eigenvalue weighted by Gasteiger charge is -2.17. The van der Waals surface area contributed by atoms with Gasteiger partial charge in [0.1, 0.15) is 0 Å². The van der Waals surface area contributed by atoms with E-state index >= 15 is 0 Å². The predicted octanol–water partition coefficient (Wildman–Crippen LogP) is 5.85. The third kappa shape index (κ3) is 3.42. The molecule has 0 bridgehead atoms. The summed E-state index contributed by atoms with van der Waals surface area (Å²) in [4.78, 5) is 16.5. The molecule has 27 heavy (non-hydrogen) atoms. The van der Waals surface area contributed by atoms with E-state index in [1.807, 2.05) is 72.8 Å². The van der Waals surface area contributed by atoms with Crippen LogP contribution >= 0.6 is 11.6 Å². The lowest BCUT2D eigenvalue weighted by atomic mass is 9.90. The number of carboxylic acids is 1. The summed E-state index contributed by atoms with van der Waals surface area (Å²) in [6.07, 6.45) is -0.121. The van der Waals surface area contributed by atoms with Gasteiger partial charge in [0.2, 0.25) is 0 Å². The molecule has 4 rings (SSSR count). The van der Waals surface area contributed by atoms with E-state index in [1.165, 1.54) is 0 Å². The summed E-state index contributed by atoms with van der Waals surface area (Å²) in [5.41, 5.74) is 4.86. The predicted molar refractivity (Wildman–Crippen MR) is 109 cm³/mol. The first-order chi connectivity index (χ1) is 13.1. The summed E-state index contributed by atoms with van der Waals surface area (Å²) in [5, 5.41) is 11.0.